The molecule has 0 unspecified atom stereocenters. The maximum Gasteiger partial charge on any atom is 0.243 e. The lowest BCUT2D eigenvalue weighted by molar-refractivity contribution is 0.322. The number of benzene rings is 1. The SMILES string of the molecule is COc1cc(Cc2nc(OC)c3[nH]cnc3n2)c(Br)c(OC)c1OC. The first-order valence-corrected chi connectivity index (χ1v) is 8.13. The van der Waals surface area contributed by atoms with E-state index in [9.17, 15) is 0 Å². The van der Waals surface area contributed by atoms with Gasteiger partial charge in [0.15, 0.2) is 17.1 Å². The second-order valence-corrected chi connectivity index (χ2v) is 5.84. The molecular formula is C16H17BrN4O4. The summed E-state index contributed by atoms with van der Waals surface area (Å²) in [6.07, 6.45) is 1.98. The molecule has 25 heavy (non-hydrogen) atoms. The predicted molar refractivity (Wildman–Crippen MR) is 94.8 cm³/mol. The average Bonchev–Trinajstić information content (AvgIpc) is 3.10. The van der Waals surface area contributed by atoms with Gasteiger partial charge in [-0.3, -0.25) is 0 Å². The molecule has 3 rings (SSSR count). The molecule has 0 fully saturated rings. The number of imidazole rings is 1. The number of fused-ring (bicyclic) bond motifs is 1. The molecule has 1 aromatic carbocycles. The predicted octanol–water partition coefficient (Wildman–Crippen LogP) is 2.74. The Bertz CT molecular complexity index is 913. The molecule has 9 heteroatoms. The summed E-state index contributed by atoms with van der Waals surface area (Å²) < 4.78 is 22.3. The number of nitrogens with one attached hydrogen (secondary N) is 1. The molecule has 0 amide bonds. The van der Waals surface area contributed by atoms with Crippen molar-refractivity contribution < 1.29 is 18.9 Å². The lowest BCUT2D eigenvalue weighted by Gasteiger charge is -2.16. The molecule has 0 aliphatic heterocycles. The van der Waals surface area contributed by atoms with Crippen molar-refractivity contribution in [3.63, 3.8) is 0 Å². The Labute approximate surface area is 152 Å². The molecule has 1 N–H and O–H groups in total. The van der Waals surface area contributed by atoms with Gasteiger partial charge in [0.1, 0.15) is 11.3 Å². The fourth-order valence-corrected chi connectivity index (χ4v) is 3.14. The van der Waals surface area contributed by atoms with Crippen LogP contribution in [0.4, 0.5) is 0 Å². The molecule has 3 aromatic rings. The van der Waals surface area contributed by atoms with Crippen molar-refractivity contribution in [3.05, 3.63) is 28.3 Å². The summed E-state index contributed by atoms with van der Waals surface area (Å²) in [6.45, 7) is 0. The zero-order valence-electron chi connectivity index (χ0n) is 14.2. The standard InChI is InChI=1S/C16H17BrN4O4/c1-22-9-5-8(11(17)14(24-3)13(9)23-2)6-10-20-15-12(18-7-19-15)16(21-10)25-4/h5,7H,6H2,1-4H3,(H,18,19,20,21). The highest BCUT2D eigenvalue weighted by molar-refractivity contribution is 9.10. The number of methoxy groups -OCH3 is 4. The van der Waals surface area contributed by atoms with E-state index in [2.05, 4.69) is 35.9 Å². The molecule has 0 radical (unpaired) electrons. The Kier molecular flexibility index (Phi) is 4.93. The lowest BCUT2D eigenvalue weighted by Crippen LogP contribution is -2.03. The molecule has 0 bridgehead atoms. The Balaban J connectivity index is 2.08. The van der Waals surface area contributed by atoms with Gasteiger partial charge in [-0.05, 0) is 27.6 Å². The third kappa shape index (κ3) is 3.07. The van der Waals surface area contributed by atoms with Gasteiger partial charge in [0.25, 0.3) is 0 Å². The van der Waals surface area contributed by atoms with Crippen molar-refractivity contribution in [3.8, 4) is 23.1 Å². The number of nitrogens with zero attached hydrogens (tertiary/aromatic N) is 3. The van der Waals surface area contributed by atoms with Crippen molar-refractivity contribution in [1.82, 2.24) is 19.9 Å². The number of rotatable bonds is 6. The molecule has 0 spiro atoms. The summed E-state index contributed by atoms with van der Waals surface area (Å²) >= 11 is 3.56. The summed E-state index contributed by atoms with van der Waals surface area (Å²) in [7, 11) is 6.26. The number of hydrogen-bond donors (Lipinski definition) is 1. The monoisotopic (exact) mass is 408 g/mol. The van der Waals surface area contributed by atoms with E-state index in [1.807, 2.05) is 6.07 Å². The zero-order chi connectivity index (χ0) is 18.0. The maximum absolute atomic E-state index is 5.46. The molecule has 132 valence electrons. The molecule has 0 saturated carbocycles. The molecule has 0 saturated heterocycles. The van der Waals surface area contributed by atoms with Crippen LogP contribution >= 0.6 is 15.9 Å². The Morgan fingerprint density at radius 1 is 1.00 bits per heavy atom. The van der Waals surface area contributed by atoms with Crippen molar-refractivity contribution in [2.45, 2.75) is 6.42 Å². The van der Waals surface area contributed by atoms with Crippen LogP contribution in [-0.2, 0) is 6.42 Å². The number of aromatic nitrogens is 4. The van der Waals surface area contributed by atoms with Crippen LogP contribution in [0.2, 0.25) is 0 Å². The topological polar surface area (TPSA) is 91.4 Å². The minimum atomic E-state index is 0.427. The van der Waals surface area contributed by atoms with Crippen LogP contribution in [0.15, 0.2) is 16.9 Å². The van der Waals surface area contributed by atoms with Gasteiger partial charge in [-0.25, -0.2) is 9.97 Å². The summed E-state index contributed by atoms with van der Waals surface area (Å²) in [5.74, 6) is 2.63. The second kappa shape index (κ2) is 7.14. The van der Waals surface area contributed by atoms with Crippen LogP contribution < -0.4 is 18.9 Å². The first-order valence-electron chi connectivity index (χ1n) is 7.34. The van der Waals surface area contributed by atoms with E-state index in [0.717, 1.165) is 10.0 Å². The first-order chi connectivity index (χ1) is 12.1. The Hall–Kier alpha value is -2.55. The van der Waals surface area contributed by atoms with E-state index >= 15 is 0 Å². The van der Waals surface area contributed by atoms with Gasteiger partial charge in [-0.15, -0.1) is 0 Å². The second-order valence-electron chi connectivity index (χ2n) is 5.05. The molecule has 8 nitrogen and oxygen atoms in total. The number of ether oxygens (including phenoxy) is 4. The smallest absolute Gasteiger partial charge is 0.243 e. The molecule has 0 aliphatic carbocycles. The number of hydrogen-bond acceptors (Lipinski definition) is 7. The van der Waals surface area contributed by atoms with Crippen LogP contribution in [0, 0.1) is 0 Å². The molecule has 2 aromatic heterocycles. The van der Waals surface area contributed by atoms with Crippen LogP contribution in [0.1, 0.15) is 11.4 Å². The highest BCUT2D eigenvalue weighted by atomic mass is 79.9. The molecule has 0 aliphatic rings. The minimum absolute atomic E-state index is 0.427. The lowest BCUT2D eigenvalue weighted by atomic mass is 10.1. The molecule has 2 heterocycles. The summed E-state index contributed by atoms with van der Waals surface area (Å²) in [6, 6.07) is 1.86. The summed E-state index contributed by atoms with van der Waals surface area (Å²) in [5.41, 5.74) is 2.09. The third-order valence-corrected chi connectivity index (χ3v) is 4.55. The quantitative estimate of drug-likeness (QED) is 0.670. The van der Waals surface area contributed by atoms with E-state index in [1.165, 1.54) is 0 Å². The van der Waals surface area contributed by atoms with Gasteiger partial charge >= 0.3 is 0 Å². The van der Waals surface area contributed by atoms with Crippen LogP contribution in [0.25, 0.3) is 11.2 Å². The number of aromatic amines is 1. The van der Waals surface area contributed by atoms with E-state index < -0.39 is 0 Å². The van der Waals surface area contributed by atoms with Crippen LogP contribution in [0.5, 0.6) is 23.1 Å². The fourth-order valence-electron chi connectivity index (χ4n) is 2.55. The Morgan fingerprint density at radius 2 is 1.76 bits per heavy atom. The number of H-pyrrole nitrogens is 1. The number of halogens is 1. The van der Waals surface area contributed by atoms with E-state index in [0.29, 0.717) is 46.5 Å². The van der Waals surface area contributed by atoms with Gasteiger partial charge in [-0.2, -0.15) is 4.98 Å². The zero-order valence-corrected chi connectivity index (χ0v) is 15.8. The van der Waals surface area contributed by atoms with Crippen LogP contribution in [0.3, 0.4) is 0 Å². The fraction of sp³-hybridized carbons (Fsp3) is 0.312. The van der Waals surface area contributed by atoms with E-state index in [4.69, 9.17) is 18.9 Å². The summed E-state index contributed by atoms with van der Waals surface area (Å²) in [5, 5.41) is 0. The van der Waals surface area contributed by atoms with E-state index in [1.54, 1.807) is 34.8 Å². The minimum Gasteiger partial charge on any atom is -0.493 e. The van der Waals surface area contributed by atoms with Crippen LogP contribution in [-0.4, -0.2) is 48.4 Å². The van der Waals surface area contributed by atoms with E-state index in [-0.39, 0.29) is 0 Å². The first kappa shape index (κ1) is 17.3. The van der Waals surface area contributed by atoms with Crippen molar-refractivity contribution in [2.75, 3.05) is 28.4 Å². The largest absolute Gasteiger partial charge is 0.493 e. The van der Waals surface area contributed by atoms with Crippen molar-refractivity contribution >= 4 is 27.1 Å². The Morgan fingerprint density at radius 3 is 2.40 bits per heavy atom. The van der Waals surface area contributed by atoms with Crippen molar-refractivity contribution in [2.24, 2.45) is 0 Å². The van der Waals surface area contributed by atoms with Gasteiger partial charge in [0, 0.05) is 6.42 Å². The molecule has 0 atom stereocenters. The highest BCUT2D eigenvalue weighted by Gasteiger charge is 2.20. The highest BCUT2D eigenvalue weighted by Crippen LogP contribution is 2.45. The summed E-state index contributed by atoms with van der Waals surface area (Å²) in [4.78, 5) is 16.1. The van der Waals surface area contributed by atoms with Gasteiger partial charge in [0.05, 0.1) is 39.2 Å². The average molecular weight is 409 g/mol. The van der Waals surface area contributed by atoms with Gasteiger partial charge in [-0.1, -0.05) is 0 Å². The van der Waals surface area contributed by atoms with Crippen molar-refractivity contribution in [1.29, 1.82) is 0 Å². The maximum atomic E-state index is 5.46. The normalized spacial score (nSPS) is 10.8. The van der Waals surface area contributed by atoms with Gasteiger partial charge in [0.2, 0.25) is 11.6 Å². The molecular weight excluding hydrogens is 392 g/mol. The third-order valence-electron chi connectivity index (χ3n) is 3.69. The van der Waals surface area contributed by atoms with Gasteiger partial charge < -0.3 is 23.9 Å².